The van der Waals surface area contributed by atoms with Crippen molar-refractivity contribution in [1.82, 2.24) is 15.5 Å². The second-order valence-corrected chi connectivity index (χ2v) is 5.82. The van der Waals surface area contributed by atoms with E-state index in [4.69, 9.17) is 0 Å². The normalized spacial score (nSPS) is 11.9. The first-order valence-electron chi connectivity index (χ1n) is 7.83. The maximum atomic E-state index is 11.7. The summed E-state index contributed by atoms with van der Waals surface area (Å²) in [6, 6.07) is 8.52. The Kier molecular flexibility index (Phi) is 11.1. The van der Waals surface area contributed by atoms with Gasteiger partial charge in [-0.2, -0.15) is 0 Å². The van der Waals surface area contributed by atoms with Gasteiger partial charge in [0.05, 0.1) is 0 Å². The van der Waals surface area contributed by atoms with Crippen LogP contribution in [-0.2, 0) is 4.79 Å². The molecule has 0 aliphatic rings. The van der Waals surface area contributed by atoms with Crippen molar-refractivity contribution in [2.75, 3.05) is 33.7 Å². The molecular weight excluding hydrogens is 415 g/mol. The third-order valence-corrected chi connectivity index (χ3v) is 3.51. The molecule has 6 heteroatoms. The van der Waals surface area contributed by atoms with Gasteiger partial charge in [0, 0.05) is 27.2 Å². The van der Waals surface area contributed by atoms with Gasteiger partial charge >= 0.3 is 0 Å². The highest BCUT2D eigenvalue weighted by molar-refractivity contribution is 14.0. The minimum atomic E-state index is -0.0312. The van der Waals surface area contributed by atoms with Crippen molar-refractivity contribution in [2.24, 2.45) is 4.99 Å². The molecule has 134 valence electrons. The number of hydrogen-bond donors (Lipinski definition) is 2. The lowest BCUT2D eigenvalue weighted by atomic mass is 10.0. The maximum Gasteiger partial charge on any atom is 0.243 e. The fourth-order valence-electron chi connectivity index (χ4n) is 1.89. The number of rotatable bonds is 7. The van der Waals surface area contributed by atoms with Crippen LogP contribution in [0, 0.1) is 6.92 Å². The molecule has 0 bridgehead atoms. The molecule has 2 N–H and O–H groups in total. The number of guanidine groups is 1. The van der Waals surface area contributed by atoms with Crippen LogP contribution in [0.2, 0.25) is 0 Å². The van der Waals surface area contributed by atoms with Gasteiger partial charge in [0.15, 0.2) is 5.96 Å². The first kappa shape index (κ1) is 22.4. The topological polar surface area (TPSA) is 56.7 Å². The number of benzene rings is 1. The number of carbonyl (C=O) groups is 1. The zero-order valence-electron chi connectivity index (χ0n) is 15.0. The number of carbonyl (C=O) groups excluding carboxylic acids is 1. The number of likely N-dealkylation sites (N-methyl/N-ethyl adjacent to an activating group) is 1. The molecule has 5 nitrogen and oxygen atoms in total. The summed E-state index contributed by atoms with van der Waals surface area (Å²) in [6.45, 7) is 9.39. The van der Waals surface area contributed by atoms with Crippen LogP contribution in [0.1, 0.15) is 24.0 Å². The average molecular weight is 444 g/mol. The maximum absolute atomic E-state index is 11.7. The summed E-state index contributed by atoms with van der Waals surface area (Å²) < 4.78 is 0. The Balaban J connectivity index is 0.00000529. The molecule has 24 heavy (non-hydrogen) atoms. The molecule has 0 aliphatic carbocycles. The van der Waals surface area contributed by atoms with Crippen LogP contribution in [0.15, 0.2) is 41.9 Å². The number of aliphatic imine (C=N–C) groups is 1. The van der Waals surface area contributed by atoms with Crippen LogP contribution in [-0.4, -0.2) is 50.5 Å². The second kappa shape index (κ2) is 11.9. The van der Waals surface area contributed by atoms with E-state index in [0.29, 0.717) is 18.4 Å². The van der Waals surface area contributed by atoms with E-state index in [1.807, 2.05) is 0 Å². The van der Waals surface area contributed by atoms with E-state index in [1.54, 1.807) is 20.2 Å². The minimum Gasteiger partial charge on any atom is -0.356 e. The second-order valence-electron chi connectivity index (χ2n) is 5.82. The fraction of sp³-hybridized carbons (Fsp3) is 0.444. The number of halogens is 1. The molecule has 1 atom stereocenters. The number of aryl methyl sites for hydroxylation is 1. The summed E-state index contributed by atoms with van der Waals surface area (Å²) in [5.41, 5.74) is 2.53. The van der Waals surface area contributed by atoms with Crippen LogP contribution in [0.3, 0.4) is 0 Å². The fourth-order valence-corrected chi connectivity index (χ4v) is 1.89. The summed E-state index contributed by atoms with van der Waals surface area (Å²) in [7, 11) is 3.45. The lowest BCUT2D eigenvalue weighted by Gasteiger charge is -2.17. The zero-order chi connectivity index (χ0) is 17.2. The summed E-state index contributed by atoms with van der Waals surface area (Å²) >= 11 is 0. The highest BCUT2D eigenvalue weighted by atomic mass is 127. The minimum absolute atomic E-state index is 0. The predicted octanol–water partition coefficient (Wildman–Crippen LogP) is 2.53. The third kappa shape index (κ3) is 8.33. The molecular formula is C18H29IN4O. The van der Waals surface area contributed by atoms with Gasteiger partial charge in [-0.1, -0.05) is 42.8 Å². The van der Waals surface area contributed by atoms with Crippen molar-refractivity contribution in [1.29, 1.82) is 0 Å². The number of amides is 1. The summed E-state index contributed by atoms with van der Waals surface area (Å²) in [4.78, 5) is 17.5. The highest BCUT2D eigenvalue weighted by Crippen LogP contribution is 2.14. The van der Waals surface area contributed by atoms with Gasteiger partial charge < -0.3 is 15.5 Å². The van der Waals surface area contributed by atoms with Crippen molar-refractivity contribution in [3.63, 3.8) is 0 Å². The molecule has 1 unspecified atom stereocenters. The Morgan fingerprint density at radius 3 is 2.46 bits per heavy atom. The van der Waals surface area contributed by atoms with Gasteiger partial charge in [0.25, 0.3) is 0 Å². The summed E-state index contributed by atoms with van der Waals surface area (Å²) in [6.07, 6.45) is 1.76. The van der Waals surface area contributed by atoms with Crippen molar-refractivity contribution in [3.8, 4) is 0 Å². The van der Waals surface area contributed by atoms with Gasteiger partial charge in [0.2, 0.25) is 5.91 Å². The van der Waals surface area contributed by atoms with Crippen molar-refractivity contribution in [3.05, 3.63) is 48.0 Å². The SMILES string of the molecule is C=CCNC(=NCC(=O)N(C)C)NCC(C)c1ccc(C)cc1.I. The Bertz CT molecular complexity index is 540. The Hall–Kier alpha value is -1.57. The lowest BCUT2D eigenvalue weighted by Crippen LogP contribution is -2.40. The van der Waals surface area contributed by atoms with Crippen molar-refractivity contribution >= 4 is 35.8 Å². The van der Waals surface area contributed by atoms with E-state index in [-0.39, 0.29) is 36.4 Å². The number of nitrogens with zero attached hydrogens (tertiary/aromatic N) is 2. The van der Waals surface area contributed by atoms with Crippen molar-refractivity contribution < 1.29 is 4.79 Å². The van der Waals surface area contributed by atoms with Gasteiger partial charge in [-0.25, -0.2) is 4.99 Å². The van der Waals surface area contributed by atoms with E-state index in [9.17, 15) is 4.79 Å². The standard InChI is InChI=1S/C18H28N4O.HI/c1-6-11-19-18(21-13-17(23)22(4)5)20-12-15(3)16-9-7-14(2)8-10-16;/h6-10,15H,1,11-13H2,2-5H3,(H2,19,20,21);1H. The monoisotopic (exact) mass is 444 g/mol. The van der Waals surface area contributed by atoms with Crippen LogP contribution >= 0.6 is 24.0 Å². The van der Waals surface area contributed by atoms with Crippen molar-refractivity contribution in [2.45, 2.75) is 19.8 Å². The molecule has 1 rings (SSSR count). The van der Waals surface area contributed by atoms with Gasteiger partial charge in [-0.3, -0.25) is 4.79 Å². The number of hydrogen-bond acceptors (Lipinski definition) is 2. The molecule has 0 fully saturated rings. The molecule has 0 saturated heterocycles. The summed E-state index contributed by atoms with van der Waals surface area (Å²) in [5.74, 6) is 0.936. The van der Waals surface area contributed by atoms with Crippen LogP contribution < -0.4 is 10.6 Å². The van der Waals surface area contributed by atoms with Crippen LogP contribution in [0.25, 0.3) is 0 Å². The molecule has 0 saturated carbocycles. The Morgan fingerprint density at radius 2 is 1.92 bits per heavy atom. The molecule has 0 heterocycles. The first-order chi connectivity index (χ1) is 10.9. The van der Waals surface area contributed by atoms with Crippen LogP contribution in [0.4, 0.5) is 0 Å². The van der Waals surface area contributed by atoms with E-state index in [1.165, 1.54) is 16.0 Å². The predicted molar refractivity (Wildman–Crippen MR) is 112 cm³/mol. The van der Waals surface area contributed by atoms with E-state index in [2.05, 4.69) is 60.3 Å². The zero-order valence-corrected chi connectivity index (χ0v) is 17.3. The quantitative estimate of drug-likeness (QED) is 0.294. The third-order valence-electron chi connectivity index (χ3n) is 3.51. The molecule has 1 amide bonds. The molecule has 1 aromatic rings. The molecule has 0 aliphatic heterocycles. The van der Waals surface area contributed by atoms with Gasteiger partial charge in [0.1, 0.15) is 6.54 Å². The van der Waals surface area contributed by atoms with E-state index >= 15 is 0 Å². The lowest BCUT2D eigenvalue weighted by molar-refractivity contribution is -0.127. The van der Waals surface area contributed by atoms with E-state index in [0.717, 1.165) is 6.54 Å². The smallest absolute Gasteiger partial charge is 0.243 e. The van der Waals surface area contributed by atoms with E-state index < -0.39 is 0 Å². The largest absolute Gasteiger partial charge is 0.356 e. The molecule has 0 spiro atoms. The van der Waals surface area contributed by atoms with Gasteiger partial charge in [-0.15, -0.1) is 30.6 Å². The molecule has 0 aromatic heterocycles. The Morgan fingerprint density at radius 1 is 1.29 bits per heavy atom. The average Bonchev–Trinajstić information content (AvgIpc) is 2.54. The number of nitrogens with one attached hydrogen (secondary N) is 2. The van der Waals surface area contributed by atoms with Gasteiger partial charge in [-0.05, 0) is 18.4 Å². The molecule has 1 aromatic carbocycles. The highest BCUT2D eigenvalue weighted by Gasteiger charge is 2.08. The summed E-state index contributed by atoms with van der Waals surface area (Å²) in [5, 5.41) is 6.41. The molecule has 0 radical (unpaired) electrons. The first-order valence-corrected chi connectivity index (χ1v) is 7.83. The Labute approximate surface area is 162 Å². The van der Waals surface area contributed by atoms with Crippen LogP contribution in [0.5, 0.6) is 0 Å².